The number of nitrogens with zero attached hydrogens (tertiary/aromatic N) is 1. The largest absolute Gasteiger partial charge is 0.336 e. The van der Waals surface area contributed by atoms with Gasteiger partial charge in [0.2, 0.25) is 0 Å². The Morgan fingerprint density at radius 3 is 3.00 bits per heavy atom. The number of nitrogens with one attached hydrogen (secondary N) is 1. The molecule has 0 bridgehead atoms. The molecule has 1 fully saturated rings. The zero-order chi connectivity index (χ0) is 11.3. The molecule has 0 radical (unpaired) electrons. The van der Waals surface area contributed by atoms with Crippen LogP contribution in [-0.4, -0.2) is 36.7 Å². The lowest BCUT2D eigenvalue weighted by Crippen LogP contribution is -2.48. The number of carbonyl (C=O) groups is 1. The predicted octanol–water partition coefficient (Wildman–Crippen LogP) is 0.707. The van der Waals surface area contributed by atoms with Crippen molar-refractivity contribution in [3.63, 3.8) is 0 Å². The summed E-state index contributed by atoms with van der Waals surface area (Å²) >= 11 is 0. The zero-order valence-electron chi connectivity index (χ0n) is 9.53. The van der Waals surface area contributed by atoms with Gasteiger partial charge in [-0.1, -0.05) is 0 Å². The molecule has 15 heavy (non-hydrogen) atoms. The first-order valence-electron chi connectivity index (χ1n) is 5.50. The van der Waals surface area contributed by atoms with Gasteiger partial charge in [-0.2, -0.15) is 0 Å². The van der Waals surface area contributed by atoms with Gasteiger partial charge in [0, 0.05) is 25.0 Å². The lowest BCUT2D eigenvalue weighted by atomic mass is 9.99. The molecule has 2 amide bonds. The Labute approximate surface area is 90.9 Å². The van der Waals surface area contributed by atoms with Gasteiger partial charge < -0.3 is 15.1 Å². The van der Waals surface area contributed by atoms with E-state index in [4.69, 9.17) is 5.90 Å². The molecular weight excluding hydrogens is 194 g/mol. The van der Waals surface area contributed by atoms with E-state index < -0.39 is 0 Å². The number of hydrogen-bond acceptors (Lipinski definition) is 3. The molecule has 88 valence electrons. The molecule has 0 aromatic carbocycles. The third kappa shape index (κ3) is 4.05. The molecule has 1 saturated heterocycles. The smallest absolute Gasteiger partial charge is 0.317 e. The van der Waals surface area contributed by atoms with E-state index in [1.165, 1.54) is 0 Å². The van der Waals surface area contributed by atoms with E-state index in [0.29, 0.717) is 12.5 Å². The maximum atomic E-state index is 11.7. The first kappa shape index (κ1) is 12.3. The van der Waals surface area contributed by atoms with Crippen molar-refractivity contribution in [2.45, 2.75) is 32.7 Å². The Balaban J connectivity index is 2.38. The number of nitrogens with two attached hydrogens (primary N) is 1. The van der Waals surface area contributed by atoms with Crippen LogP contribution in [0.15, 0.2) is 0 Å². The second-order valence-electron chi connectivity index (χ2n) is 4.39. The monoisotopic (exact) mass is 215 g/mol. The van der Waals surface area contributed by atoms with Crippen molar-refractivity contribution in [1.82, 2.24) is 10.2 Å². The van der Waals surface area contributed by atoms with E-state index in [1.807, 2.05) is 18.7 Å². The van der Waals surface area contributed by atoms with Crippen LogP contribution < -0.4 is 11.2 Å². The highest BCUT2D eigenvalue weighted by Crippen LogP contribution is 2.16. The summed E-state index contributed by atoms with van der Waals surface area (Å²) < 4.78 is 0. The highest BCUT2D eigenvalue weighted by molar-refractivity contribution is 5.74. The Morgan fingerprint density at radius 2 is 2.40 bits per heavy atom. The van der Waals surface area contributed by atoms with Gasteiger partial charge in [-0.25, -0.2) is 10.7 Å². The summed E-state index contributed by atoms with van der Waals surface area (Å²) in [6.07, 6.45) is 2.11. The molecule has 3 N–H and O–H groups in total. The highest BCUT2D eigenvalue weighted by atomic mass is 16.6. The van der Waals surface area contributed by atoms with E-state index in [9.17, 15) is 4.79 Å². The molecule has 0 aromatic heterocycles. The van der Waals surface area contributed by atoms with Crippen LogP contribution in [0.25, 0.3) is 0 Å². The number of likely N-dealkylation sites (tertiary alicyclic amines) is 1. The Kier molecular flexibility index (Phi) is 4.84. The van der Waals surface area contributed by atoms with Crippen molar-refractivity contribution in [2.24, 2.45) is 11.8 Å². The number of hydrogen-bond donors (Lipinski definition) is 2. The lowest BCUT2D eigenvalue weighted by molar-refractivity contribution is 0.0686. The number of urea groups is 1. The summed E-state index contributed by atoms with van der Waals surface area (Å²) in [6, 6.07) is 0.204. The fraction of sp³-hybridized carbons (Fsp3) is 0.900. The standard InChI is InChI=1S/C10H21N3O2/c1-8(2)12-10(14)13-5-3-4-9(6-13)7-15-11/h8-9H,3-7,11H2,1-2H3,(H,12,14). The number of carbonyl (C=O) groups excluding carboxylic acids is 1. The molecule has 0 aliphatic carbocycles. The van der Waals surface area contributed by atoms with Gasteiger partial charge in [-0.3, -0.25) is 0 Å². The highest BCUT2D eigenvalue weighted by Gasteiger charge is 2.23. The van der Waals surface area contributed by atoms with Gasteiger partial charge in [0.05, 0.1) is 6.61 Å². The van der Waals surface area contributed by atoms with Crippen LogP contribution in [0.1, 0.15) is 26.7 Å². The molecule has 1 heterocycles. The lowest BCUT2D eigenvalue weighted by Gasteiger charge is -2.32. The predicted molar refractivity (Wildman–Crippen MR) is 58.1 cm³/mol. The van der Waals surface area contributed by atoms with Crippen molar-refractivity contribution in [3.05, 3.63) is 0 Å². The van der Waals surface area contributed by atoms with E-state index in [0.717, 1.165) is 25.9 Å². The maximum Gasteiger partial charge on any atom is 0.317 e. The molecule has 1 rings (SSSR count). The summed E-state index contributed by atoms with van der Waals surface area (Å²) in [5.41, 5.74) is 0. The van der Waals surface area contributed by atoms with Crippen LogP contribution in [-0.2, 0) is 4.84 Å². The molecule has 5 nitrogen and oxygen atoms in total. The minimum atomic E-state index is 0.0201. The average molecular weight is 215 g/mol. The summed E-state index contributed by atoms with van der Waals surface area (Å²) in [4.78, 5) is 18.2. The van der Waals surface area contributed by atoms with Gasteiger partial charge >= 0.3 is 6.03 Å². The summed E-state index contributed by atoms with van der Waals surface area (Å²) in [5, 5.41) is 2.89. The number of amides is 2. The molecule has 1 atom stereocenters. The number of rotatable bonds is 3. The van der Waals surface area contributed by atoms with Crippen LogP contribution in [0.4, 0.5) is 4.79 Å². The molecule has 1 aliphatic heterocycles. The van der Waals surface area contributed by atoms with Crippen LogP contribution in [0, 0.1) is 5.92 Å². The van der Waals surface area contributed by atoms with E-state index >= 15 is 0 Å². The first-order valence-corrected chi connectivity index (χ1v) is 5.50. The van der Waals surface area contributed by atoms with E-state index in [-0.39, 0.29) is 12.1 Å². The summed E-state index contributed by atoms with van der Waals surface area (Å²) in [7, 11) is 0. The number of piperidine rings is 1. The van der Waals surface area contributed by atoms with Crippen LogP contribution in [0.2, 0.25) is 0 Å². The maximum absolute atomic E-state index is 11.7. The Hall–Kier alpha value is -0.810. The van der Waals surface area contributed by atoms with Crippen LogP contribution in [0.3, 0.4) is 0 Å². The van der Waals surface area contributed by atoms with E-state index in [2.05, 4.69) is 10.2 Å². The van der Waals surface area contributed by atoms with Crippen molar-refractivity contribution in [2.75, 3.05) is 19.7 Å². The van der Waals surface area contributed by atoms with E-state index in [1.54, 1.807) is 0 Å². The Bertz CT molecular complexity index is 207. The molecule has 1 unspecified atom stereocenters. The van der Waals surface area contributed by atoms with Crippen molar-refractivity contribution >= 4 is 6.03 Å². The summed E-state index contributed by atoms with van der Waals surface area (Å²) in [5.74, 6) is 5.42. The normalized spacial score (nSPS) is 21.9. The molecule has 1 aliphatic rings. The fourth-order valence-corrected chi connectivity index (χ4v) is 1.86. The van der Waals surface area contributed by atoms with Crippen molar-refractivity contribution in [1.29, 1.82) is 0 Å². The summed E-state index contributed by atoms with van der Waals surface area (Å²) in [6.45, 7) is 6.03. The molecule has 0 spiro atoms. The zero-order valence-corrected chi connectivity index (χ0v) is 9.53. The van der Waals surface area contributed by atoms with Gasteiger partial charge in [0.25, 0.3) is 0 Å². The molecular formula is C10H21N3O2. The SMILES string of the molecule is CC(C)NC(=O)N1CCCC(CON)C1. The van der Waals surface area contributed by atoms with Gasteiger partial charge in [0.15, 0.2) is 0 Å². The Morgan fingerprint density at radius 1 is 1.67 bits per heavy atom. The van der Waals surface area contributed by atoms with Gasteiger partial charge in [-0.05, 0) is 26.7 Å². The topological polar surface area (TPSA) is 67.6 Å². The minimum absolute atomic E-state index is 0.0201. The second kappa shape index (κ2) is 5.92. The quantitative estimate of drug-likeness (QED) is 0.681. The van der Waals surface area contributed by atoms with Gasteiger partial charge in [-0.15, -0.1) is 0 Å². The van der Waals surface area contributed by atoms with Crippen LogP contribution >= 0.6 is 0 Å². The van der Waals surface area contributed by atoms with Crippen molar-refractivity contribution in [3.8, 4) is 0 Å². The van der Waals surface area contributed by atoms with Crippen LogP contribution in [0.5, 0.6) is 0 Å². The third-order valence-corrected chi connectivity index (χ3v) is 2.55. The second-order valence-corrected chi connectivity index (χ2v) is 4.39. The third-order valence-electron chi connectivity index (χ3n) is 2.55. The first-order chi connectivity index (χ1) is 7.13. The average Bonchev–Trinajstić information content (AvgIpc) is 2.17. The fourth-order valence-electron chi connectivity index (χ4n) is 1.86. The molecule has 0 saturated carbocycles. The minimum Gasteiger partial charge on any atom is -0.336 e. The molecule has 0 aromatic rings. The van der Waals surface area contributed by atoms with Gasteiger partial charge in [0.1, 0.15) is 0 Å². The molecule has 5 heteroatoms. The van der Waals surface area contributed by atoms with Crippen molar-refractivity contribution < 1.29 is 9.63 Å².